The molecule has 4 aliphatic rings. The van der Waals surface area contributed by atoms with Crippen LogP contribution in [-0.4, -0.2) is 24.4 Å². The first kappa shape index (κ1) is 17.8. The quantitative estimate of drug-likeness (QED) is 0.702. The Morgan fingerprint density at radius 3 is 2.04 bits per heavy atom. The summed E-state index contributed by atoms with van der Waals surface area (Å²) in [6.45, 7) is 6.85. The van der Waals surface area contributed by atoms with E-state index in [4.69, 9.17) is 0 Å². The molecule has 0 aromatic carbocycles. The number of unbranched alkanes of at least 4 members (excludes halogenated alkanes) is 1. The van der Waals surface area contributed by atoms with E-state index in [1.807, 2.05) is 13.8 Å². The van der Waals surface area contributed by atoms with Gasteiger partial charge in [-0.05, 0) is 68.6 Å². The average molecular weight is 335 g/mol. The van der Waals surface area contributed by atoms with E-state index in [0.717, 1.165) is 49.9 Å². The molecule has 4 bridgehead atoms. The molecule has 0 saturated heterocycles. The molecule has 0 radical (unpaired) electrons. The standard InChI is InChI=1S/C20H34N2O2/c1-4-5-6-21-18(23)17(13(2)3)22-19(24)20-10-14-7-15(11-20)9-16(8-14)12-20/h13-17H,4-12H2,1-3H3,(H,21,23)(H,22,24)/t14?,15?,16?,17-,20?/m1/s1. The van der Waals surface area contributed by atoms with Crippen molar-refractivity contribution in [2.24, 2.45) is 29.1 Å². The van der Waals surface area contributed by atoms with E-state index in [2.05, 4.69) is 17.6 Å². The third-order valence-electron chi connectivity index (χ3n) is 6.59. The van der Waals surface area contributed by atoms with Crippen molar-refractivity contribution in [2.45, 2.75) is 78.2 Å². The van der Waals surface area contributed by atoms with E-state index in [9.17, 15) is 9.59 Å². The third-order valence-corrected chi connectivity index (χ3v) is 6.59. The molecule has 4 rings (SSSR count). The number of carbonyl (C=O) groups excluding carboxylic acids is 2. The van der Waals surface area contributed by atoms with Crippen LogP contribution in [0.3, 0.4) is 0 Å². The molecule has 4 saturated carbocycles. The highest BCUT2D eigenvalue weighted by Gasteiger charge is 2.55. The van der Waals surface area contributed by atoms with Gasteiger partial charge in [0.2, 0.25) is 11.8 Å². The van der Waals surface area contributed by atoms with Gasteiger partial charge in [-0.15, -0.1) is 0 Å². The van der Waals surface area contributed by atoms with Gasteiger partial charge in [-0.25, -0.2) is 0 Å². The van der Waals surface area contributed by atoms with Crippen molar-refractivity contribution in [3.8, 4) is 0 Å². The van der Waals surface area contributed by atoms with Crippen LogP contribution in [0.5, 0.6) is 0 Å². The van der Waals surface area contributed by atoms with Gasteiger partial charge in [0.25, 0.3) is 0 Å². The van der Waals surface area contributed by atoms with Crippen LogP contribution < -0.4 is 10.6 Å². The molecular weight excluding hydrogens is 300 g/mol. The number of amides is 2. The lowest BCUT2D eigenvalue weighted by Gasteiger charge is -2.55. The molecule has 2 N–H and O–H groups in total. The van der Waals surface area contributed by atoms with Crippen LogP contribution >= 0.6 is 0 Å². The predicted molar refractivity (Wildman–Crippen MR) is 95.3 cm³/mol. The maximum absolute atomic E-state index is 13.2. The van der Waals surface area contributed by atoms with Gasteiger partial charge in [-0.1, -0.05) is 27.2 Å². The molecule has 4 fully saturated rings. The molecule has 1 atom stereocenters. The second-order valence-electron chi connectivity index (χ2n) is 9.04. The van der Waals surface area contributed by atoms with Crippen LogP contribution in [-0.2, 0) is 9.59 Å². The molecule has 136 valence electrons. The Kier molecular flexibility index (Phi) is 5.22. The van der Waals surface area contributed by atoms with E-state index < -0.39 is 6.04 Å². The van der Waals surface area contributed by atoms with Crippen molar-refractivity contribution in [3.63, 3.8) is 0 Å². The summed E-state index contributed by atoms with van der Waals surface area (Å²) in [5, 5.41) is 6.14. The van der Waals surface area contributed by atoms with E-state index in [1.165, 1.54) is 19.3 Å². The number of carbonyl (C=O) groups is 2. The lowest BCUT2D eigenvalue weighted by Crippen LogP contribution is -2.58. The summed E-state index contributed by atoms with van der Waals surface area (Å²) in [7, 11) is 0. The van der Waals surface area contributed by atoms with Crippen LogP contribution in [0.1, 0.15) is 72.1 Å². The molecule has 0 aromatic heterocycles. The molecule has 0 unspecified atom stereocenters. The molecule has 4 nitrogen and oxygen atoms in total. The van der Waals surface area contributed by atoms with Gasteiger partial charge in [0.1, 0.15) is 6.04 Å². The largest absolute Gasteiger partial charge is 0.354 e. The van der Waals surface area contributed by atoms with Crippen molar-refractivity contribution >= 4 is 11.8 Å². The Morgan fingerprint density at radius 1 is 1.04 bits per heavy atom. The number of nitrogens with one attached hydrogen (secondary N) is 2. The lowest BCUT2D eigenvalue weighted by molar-refractivity contribution is -0.149. The van der Waals surface area contributed by atoms with Crippen molar-refractivity contribution < 1.29 is 9.59 Å². The van der Waals surface area contributed by atoms with Crippen molar-refractivity contribution in [1.29, 1.82) is 0 Å². The molecule has 2 amide bonds. The summed E-state index contributed by atoms with van der Waals surface area (Å²) in [4.78, 5) is 25.7. The maximum Gasteiger partial charge on any atom is 0.242 e. The van der Waals surface area contributed by atoms with Crippen LogP contribution in [0.2, 0.25) is 0 Å². The average Bonchev–Trinajstić information content (AvgIpc) is 2.50. The molecule has 0 spiro atoms. The lowest BCUT2D eigenvalue weighted by atomic mass is 9.49. The van der Waals surface area contributed by atoms with Crippen molar-refractivity contribution in [1.82, 2.24) is 10.6 Å². The van der Waals surface area contributed by atoms with Gasteiger partial charge in [-0.2, -0.15) is 0 Å². The maximum atomic E-state index is 13.2. The second-order valence-corrected chi connectivity index (χ2v) is 9.04. The minimum atomic E-state index is -0.401. The summed E-state index contributed by atoms with van der Waals surface area (Å²) in [6.07, 6.45) is 9.19. The highest BCUT2D eigenvalue weighted by molar-refractivity contribution is 5.90. The first-order chi connectivity index (χ1) is 11.4. The Labute approximate surface area is 146 Å². The second kappa shape index (κ2) is 7.05. The highest BCUT2D eigenvalue weighted by atomic mass is 16.2. The van der Waals surface area contributed by atoms with E-state index in [1.54, 1.807) is 0 Å². The molecule has 24 heavy (non-hydrogen) atoms. The van der Waals surface area contributed by atoms with Gasteiger partial charge < -0.3 is 10.6 Å². The minimum Gasteiger partial charge on any atom is -0.354 e. The molecule has 4 heteroatoms. The fraction of sp³-hybridized carbons (Fsp3) is 0.900. The predicted octanol–water partition coefficient (Wildman–Crippen LogP) is 3.26. The fourth-order valence-electron chi connectivity index (χ4n) is 5.72. The van der Waals surface area contributed by atoms with E-state index in [-0.39, 0.29) is 23.1 Å². The summed E-state index contributed by atoms with van der Waals surface area (Å²) >= 11 is 0. The van der Waals surface area contributed by atoms with Gasteiger partial charge >= 0.3 is 0 Å². The minimum absolute atomic E-state index is 0.0171. The summed E-state index contributed by atoms with van der Waals surface area (Å²) in [5.74, 6) is 2.50. The zero-order valence-corrected chi connectivity index (χ0v) is 15.6. The highest BCUT2D eigenvalue weighted by Crippen LogP contribution is 2.60. The molecule has 0 aliphatic heterocycles. The molecule has 4 aliphatic carbocycles. The van der Waals surface area contributed by atoms with Gasteiger partial charge in [0.15, 0.2) is 0 Å². The number of rotatable bonds is 7. The number of hydrogen-bond acceptors (Lipinski definition) is 2. The van der Waals surface area contributed by atoms with E-state index >= 15 is 0 Å². The molecule has 0 heterocycles. The van der Waals surface area contributed by atoms with E-state index in [0.29, 0.717) is 6.54 Å². The summed E-state index contributed by atoms with van der Waals surface area (Å²) in [5.41, 5.74) is -0.175. The van der Waals surface area contributed by atoms with Gasteiger partial charge in [-0.3, -0.25) is 9.59 Å². The Morgan fingerprint density at radius 2 is 1.58 bits per heavy atom. The zero-order chi connectivity index (χ0) is 17.3. The summed E-state index contributed by atoms with van der Waals surface area (Å²) < 4.78 is 0. The van der Waals surface area contributed by atoms with Crippen LogP contribution in [0.4, 0.5) is 0 Å². The number of hydrogen-bond donors (Lipinski definition) is 2. The van der Waals surface area contributed by atoms with Crippen molar-refractivity contribution in [3.05, 3.63) is 0 Å². The first-order valence-corrected chi connectivity index (χ1v) is 10.0. The van der Waals surface area contributed by atoms with Gasteiger partial charge in [0.05, 0.1) is 0 Å². The Bertz CT molecular complexity index is 451. The van der Waals surface area contributed by atoms with Gasteiger partial charge in [0, 0.05) is 12.0 Å². The molecular formula is C20H34N2O2. The normalized spacial score (nSPS) is 35.1. The van der Waals surface area contributed by atoms with Crippen LogP contribution in [0.25, 0.3) is 0 Å². The molecule has 0 aromatic rings. The summed E-state index contributed by atoms with van der Waals surface area (Å²) in [6, 6.07) is -0.401. The Hall–Kier alpha value is -1.06. The smallest absolute Gasteiger partial charge is 0.242 e. The first-order valence-electron chi connectivity index (χ1n) is 10.0. The van der Waals surface area contributed by atoms with Crippen LogP contribution in [0, 0.1) is 29.1 Å². The monoisotopic (exact) mass is 334 g/mol. The van der Waals surface area contributed by atoms with Crippen molar-refractivity contribution in [2.75, 3.05) is 6.54 Å². The topological polar surface area (TPSA) is 58.2 Å². The fourth-order valence-corrected chi connectivity index (χ4v) is 5.72. The SMILES string of the molecule is CCCCNC(=O)[C@H](NC(=O)C12CC3CC(CC(C3)C1)C2)C(C)C. The Balaban J connectivity index is 1.64. The third kappa shape index (κ3) is 3.48. The zero-order valence-electron chi connectivity index (χ0n) is 15.6. The van der Waals surface area contributed by atoms with Crippen LogP contribution in [0.15, 0.2) is 0 Å².